The zero-order chi connectivity index (χ0) is 14.8. The van der Waals surface area contributed by atoms with Gasteiger partial charge in [0.05, 0.1) is 10.6 Å². The highest BCUT2D eigenvalue weighted by molar-refractivity contribution is 7.92. The molecule has 1 aromatic carbocycles. The van der Waals surface area contributed by atoms with Gasteiger partial charge in [0.25, 0.3) is 10.0 Å². The highest BCUT2D eigenvalue weighted by atomic mass is 35.5. The molecule has 2 rings (SSSR count). The van der Waals surface area contributed by atoms with Crippen LogP contribution in [0.3, 0.4) is 0 Å². The van der Waals surface area contributed by atoms with Gasteiger partial charge in [-0.25, -0.2) is 8.42 Å². The van der Waals surface area contributed by atoms with E-state index in [4.69, 9.17) is 11.6 Å². The predicted molar refractivity (Wildman–Crippen MR) is 84.1 cm³/mol. The van der Waals surface area contributed by atoms with Crippen molar-refractivity contribution in [1.82, 2.24) is 5.32 Å². The number of sulfonamides is 1. The van der Waals surface area contributed by atoms with E-state index in [0.29, 0.717) is 17.3 Å². The van der Waals surface area contributed by atoms with Crippen molar-refractivity contribution in [2.24, 2.45) is 0 Å². The van der Waals surface area contributed by atoms with E-state index >= 15 is 0 Å². The Morgan fingerprint density at radius 2 is 2.05 bits per heavy atom. The Labute approximate surface area is 127 Å². The fourth-order valence-corrected chi connectivity index (χ4v) is 4.16. The van der Waals surface area contributed by atoms with Crippen LogP contribution in [0.4, 0.5) is 5.69 Å². The second-order valence-corrected chi connectivity index (χ2v) is 7.43. The van der Waals surface area contributed by atoms with Gasteiger partial charge in [-0.1, -0.05) is 17.7 Å². The van der Waals surface area contributed by atoms with Crippen LogP contribution in [0.5, 0.6) is 0 Å². The Morgan fingerprint density at radius 3 is 2.70 bits per heavy atom. The topological polar surface area (TPSA) is 58.2 Å². The van der Waals surface area contributed by atoms with Crippen LogP contribution in [0.15, 0.2) is 34.5 Å². The third-order valence-corrected chi connectivity index (χ3v) is 5.57. The van der Waals surface area contributed by atoms with E-state index in [-0.39, 0.29) is 4.90 Å². The lowest BCUT2D eigenvalue weighted by molar-refractivity contribution is 0.601. The van der Waals surface area contributed by atoms with Gasteiger partial charge in [-0.3, -0.25) is 4.72 Å². The highest BCUT2D eigenvalue weighted by Crippen LogP contribution is 2.24. The molecule has 2 N–H and O–H groups in total. The van der Waals surface area contributed by atoms with Crippen molar-refractivity contribution in [1.29, 1.82) is 0 Å². The first kappa shape index (κ1) is 15.3. The molecule has 0 aliphatic carbocycles. The number of anilines is 1. The molecule has 0 atom stereocenters. The number of halogens is 1. The lowest BCUT2D eigenvalue weighted by atomic mass is 10.2. The molecule has 2 aromatic rings. The number of benzene rings is 1. The van der Waals surface area contributed by atoms with E-state index in [9.17, 15) is 8.42 Å². The second-order valence-electron chi connectivity index (χ2n) is 4.35. The average Bonchev–Trinajstić information content (AvgIpc) is 2.83. The number of nitrogens with one attached hydrogen (secondary N) is 2. The minimum atomic E-state index is -3.57. The zero-order valence-corrected chi connectivity index (χ0v) is 13.5. The molecular formula is C13H15ClN2O2S2. The third kappa shape index (κ3) is 3.52. The molecule has 108 valence electrons. The highest BCUT2D eigenvalue weighted by Gasteiger charge is 2.16. The number of aryl methyl sites for hydroxylation is 1. The normalized spacial score (nSPS) is 11.6. The minimum Gasteiger partial charge on any atom is -0.315 e. The molecule has 0 amide bonds. The summed E-state index contributed by atoms with van der Waals surface area (Å²) in [6.07, 6.45) is 0. The van der Waals surface area contributed by atoms with Crippen molar-refractivity contribution < 1.29 is 8.42 Å². The minimum absolute atomic E-state index is 0.268. The van der Waals surface area contributed by atoms with E-state index in [1.54, 1.807) is 29.6 Å². The summed E-state index contributed by atoms with van der Waals surface area (Å²) in [5.41, 5.74) is 1.36. The summed E-state index contributed by atoms with van der Waals surface area (Å²) in [5, 5.41) is 5.15. The maximum atomic E-state index is 12.2. The first-order valence-electron chi connectivity index (χ1n) is 5.93. The molecule has 7 heteroatoms. The Balaban J connectivity index is 2.23. The summed E-state index contributed by atoms with van der Waals surface area (Å²) in [5.74, 6) is 0. The molecule has 20 heavy (non-hydrogen) atoms. The van der Waals surface area contributed by atoms with Gasteiger partial charge in [0.1, 0.15) is 0 Å². The monoisotopic (exact) mass is 330 g/mol. The smallest absolute Gasteiger partial charge is 0.262 e. The average molecular weight is 331 g/mol. The maximum absolute atomic E-state index is 12.2. The van der Waals surface area contributed by atoms with Crippen molar-refractivity contribution >= 4 is 38.6 Å². The van der Waals surface area contributed by atoms with Crippen molar-refractivity contribution in [3.63, 3.8) is 0 Å². The van der Waals surface area contributed by atoms with Gasteiger partial charge in [0.15, 0.2) is 0 Å². The largest absolute Gasteiger partial charge is 0.315 e. The lowest BCUT2D eigenvalue weighted by Gasteiger charge is -2.07. The van der Waals surface area contributed by atoms with Crippen molar-refractivity contribution in [2.75, 3.05) is 11.8 Å². The Kier molecular flexibility index (Phi) is 4.70. The standard InChI is InChI=1S/C13H15ClN2O2S2/c1-9-3-4-10(5-13(9)14)16-20(17,18)12-6-11(7-15-2)19-8-12/h3-6,8,15-16H,7H2,1-2H3. The van der Waals surface area contributed by atoms with Gasteiger partial charge in [0.2, 0.25) is 0 Å². The van der Waals surface area contributed by atoms with E-state index in [0.717, 1.165) is 10.4 Å². The van der Waals surface area contributed by atoms with E-state index in [1.165, 1.54) is 11.3 Å². The molecule has 1 heterocycles. The maximum Gasteiger partial charge on any atom is 0.262 e. The summed E-state index contributed by atoms with van der Waals surface area (Å²) in [6, 6.07) is 6.74. The molecule has 4 nitrogen and oxygen atoms in total. The van der Waals surface area contributed by atoms with Gasteiger partial charge in [0, 0.05) is 21.8 Å². The van der Waals surface area contributed by atoms with Gasteiger partial charge < -0.3 is 5.32 Å². The van der Waals surface area contributed by atoms with Crippen LogP contribution in [0.25, 0.3) is 0 Å². The SMILES string of the molecule is CNCc1cc(S(=O)(=O)Nc2ccc(C)c(Cl)c2)cs1. The van der Waals surface area contributed by atoms with E-state index in [2.05, 4.69) is 10.0 Å². The number of thiophene rings is 1. The van der Waals surface area contributed by atoms with Crippen LogP contribution in [-0.2, 0) is 16.6 Å². The van der Waals surface area contributed by atoms with Crippen molar-refractivity contribution in [3.05, 3.63) is 45.1 Å². The van der Waals surface area contributed by atoms with Gasteiger partial charge >= 0.3 is 0 Å². The lowest BCUT2D eigenvalue weighted by Crippen LogP contribution is -2.12. The summed E-state index contributed by atoms with van der Waals surface area (Å²) >= 11 is 7.40. The number of rotatable bonds is 5. The Bertz CT molecular complexity index is 711. The predicted octanol–water partition coefficient (Wildman–Crippen LogP) is 3.23. The molecule has 0 saturated heterocycles. The second kappa shape index (κ2) is 6.13. The Hall–Kier alpha value is -1.08. The molecule has 0 bridgehead atoms. The fraction of sp³-hybridized carbons (Fsp3) is 0.231. The van der Waals surface area contributed by atoms with Crippen LogP contribution in [-0.4, -0.2) is 15.5 Å². The van der Waals surface area contributed by atoms with E-state index < -0.39 is 10.0 Å². The van der Waals surface area contributed by atoms with Crippen LogP contribution < -0.4 is 10.0 Å². The van der Waals surface area contributed by atoms with Gasteiger partial charge in [-0.15, -0.1) is 11.3 Å². The summed E-state index contributed by atoms with van der Waals surface area (Å²) in [4.78, 5) is 1.24. The zero-order valence-electron chi connectivity index (χ0n) is 11.1. The summed E-state index contributed by atoms with van der Waals surface area (Å²) in [7, 11) is -1.75. The molecule has 1 aromatic heterocycles. The molecule has 0 aliphatic rings. The van der Waals surface area contributed by atoms with Gasteiger partial charge in [-0.2, -0.15) is 0 Å². The number of hydrogen-bond donors (Lipinski definition) is 2. The van der Waals surface area contributed by atoms with Crippen LogP contribution in [0.2, 0.25) is 5.02 Å². The fourth-order valence-electron chi connectivity index (χ4n) is 1.64. The van der Waals surface area contributed by atoms with Gasteiger partial charge in [-0.05, 0) is 37.7 Å². The molecule has 0 aliphatic heterocycles. The third-order valence-electron chi connectivity index (χ3n) is 2.72. The van der Waals surface area contributed by atoms with Crippen molar-refractivity contribution in [2.45, 2.75) is 18.4 Å². The molecule has 0 unspecified atom stereocenters. The Morgan fingerprint density at radius 1 is 1.30 bits per heavy atom. The molecular weight excluding hydrogens is 316 g/mol. The van der Waals surface area contributed by atoms with E-state index in [1.807, 2.05) is 14.0 Å². The molecule has 0 spiro atoms. The molecule has 0 fully saturated rings. The molecule has 0 saturated carbocycles. The van der Waals surface area contributed by atoms with Crippen LogP contribution in [0, 0.1) is 6.92 Å². The van der Waals surface area contributed by atoms with Crippen molar-refractivity contribution in [3.8, 4) is 0 Å². The first-order chi connectivity index (χ1) is 9.42. The number of hydrogen-bond acceptors (Lipinski definition) is 4. The van der Waals surface area contributed by atoms with Crippen LogP contribution >= 0.6 is 22.9 Å². The van der Waals surface area contributed by atoms with Crippen LogP contribution in [0.1, 0.15) is 10.4 Å². The molecule has 0 radical (unpaired) electrons. The summed E-state index contributed by atoms with van der Waals surface area (Å²) < 4.78 is 27.0. The first-order valence-corrected chi connectivity index (χ1v) is 8.67. The quantitative estimate of drug-likeness (QED) is 0.885. The summed E-state index contributed by atoms with van der Waals surface area (Å²) in [6.45, 7) is 2.51.